The number of nitro groups is 1. The molecule has 0 bridgehead atoms. The zero-order valence-corrected chi connectivity index (χ0v) is 11.1. The second kappa shape index (κ2) is 5.91. The first-order chi connectivity index (χ1) is 10.0. The van der Waals surface area contributed by atoms with E-state index < -0.39 is 10.9 Å². The molecule has 0 aliphatic heterocycles. The molecular formula is C14H12N2O5. The van der Waals surface area contributed by atoms with Crippen molar-refractivity contribution in [3.8, 4) is 5.75 Å². The Balaban J connectivity index is 2.37. The maximum absolute atomic E-state index is 11.2. The number of carboxylic acids is 1. The first kappa shape index (κ1) is 14.3. The molecular weight excluding hydrogens is 276 g/mol. The number of anilines is 2. The molecule has 108 valence electrons. The van der Waals surface area contributed by atoms with Gasteiger partial charge < -0.3 is 15.2 Å². The molecule has 0 aliphatic rings. The number of nitro benzene ring substituents is 1. The third-order valence-electron chi connectivity index (χ3n) is 2.81. The van der Waals surface area contributed by atoms with Crippen LogP contribution in [0.1, 0.15) is 10.4 Å². The van der Waals surface area contributed by atoms with E-state index in [0.717, 1.165) is 6.07 Å². The second-order valence-electron chi connectivity index (χ2n) is 4.15. The summed E-state index contributed by atoms with van der Waals surface area (Å²) in [5, 5.41) is 22.8. The number of nitrogens with zero attached hydrogens (tertiary/aromatic N) is 1. The summed E-state index contributed by atoms with van der Waals surface area (Å²) in [5.74, 6) is -0.515. The molecule has 2 N–H and O–H groups in total. The van der Waals surface area contributed by atoms with E-state index in [9.17, 15) is 14.9 Å². The first-order valence-electron chi connectivity index (χ1n) is 5.94. The number of methoxy groups -OCH3 is 1. The summed E-state index contributed by atoms with van der Waals surface area (Å²) in [6, 6.07) is 10.3. The highest BCUT2D eigenvalue weighted by molar-refractivity contribution is 5.95. The predicted octanol–water partition coefficient (Wildman–Crippen LogP) is 3.05. The SMILES string of the molecule is COc1ccc(Nc2cc([N+](=O)[O-])ccc2C(=O)O)cc1. The lowest BCUT2D eigenvalue weighted by molar-refractivity contribution is -0.384. The molecule has 2 aromatic carbocycles. The molecule has 0 fully saturated rings. The predicted molar refractivity (Wildman–Crippen MR) is 76.3 cm³/mol. The number of rotatable bonds is 5. The molecule has 7 heteroatoms. The summed E-state index contributed by atoms with van der Waals surface area (Å²) in [5.41, 5.74) is 0.521. The van der Waals surface area contributed by atoms with E-state index in [1.807, 2.05) is 0 Å². The van der Waals surface area contributed by atoms with Crippen LogP contribution >= 0.6 is 0 Å². The third kappa shape index (κ3) is 3.27. The van der Waals surface area contributed by atoms with Gasteiger partial charge in [-0.1, -0.05) is 0 Å². The first-order valence-corrected chi connectivity index (χ1v) is 5.94. The summed E-state index contributed by atoms with van der Waals surface area (Å²) in [6.07, 6.45) is 0. The van der Waals surface area contributed by atoms with Crippen molar-refractivity contribution in [2.24, 2.45) is 0 Å². The van der Waals surface area contributed by atoms with Gasteiger partial charge in [0.1, 0.15) is 5.75 Å². The van der Waals surface area contributed by atoms with Crippen LogP contribution in [-0.4, -0.2) is 23.1 Å². The summed E-state index contributed by atoms with van der Waals surface area (Å²) in [4.78, 5) is 21.4. The number of non-ortho nitro benzene ring substituents is 1. The Bertz CT molecular complexity index is 682. The van der Waals surface area contributed by atoms with Gasteiger partial charge in [0.25, 0.3) is 5.69 Å². The topological polar surface area (TPSA) is 102 Å². The van der Waals surface area contributed by atoms with Crippen molar-refractivity contribution in [2.45, 2.75) is 0 Å². The molecule has 0 radical (unpaired) electrons. The van der Waals surface area contributed by atoms with E-state index >= 15 is 0 Å². The van der Waals surface area contributed by atoms with Crippen LogP contribution in [-0.2, 0) is 0 Å². The van der Waals surface area contributed by atoms with E-state index in [1.165, 1.54) is 19.2 Å². The summed E-state index contributed by atoms with van der Waals surface area (Å²) in [6.45, 7) is 0. The van der Waals surface area contributed by atoms with Crippen LogP contribution in [0.25, 0.3) is 0 Å². The Morgan fingerprint density at radius 3 is 2.43 bits per heavy atom. The van der Waals surface area contributed by atoms with Crippen LogP contribution in [0.3, 0.4) is 0 Å². The molecule has 0 aromatic heterocycles. The van der Waals surface area contributed by atoms with Crippen LogP contribution in [0, 0.1) is 10.1 Å². The second-order valence-corrected chi connectivity index (χ2v) is 4.15. The van der Waals surface area contributed by atoms with Gasteiger partial charge in [-0.2, -0.15) is 0 Å². The van der Waals surface area contributed by atoms with E-state index in [2.05, 4.69) is 5.32 Å². The van der Waals surface area contributed by atoms with E-state index in [-0.39, 0.29) is 16.9 Å². The molecule has 0 aliphatic carbocycles. The van der Waals surface area contributed by atoms with Crippen LogP contribution < -0.4 is 10.1 Å². The summed E-state index contributed by atoms with van der Waals surface area (Å²) < 4.78 is 5.02. The van der Waals surface area contributed by atoms with Crippen molar-refractivity contribution in [3.05, 3.63) is 58.1 Å². The van der Waals surface area contributed by atoms with E-state index in [4.69, 9.17) is 9.84 Å². The van der Waals surface area contributed by atoms with Gasteiger partial charge in [0.2, 0.25) is 0 Å². The average molecular weight is 288 g/mol. The maximum atomic E-state index is 11.2. The van der Waals surface area contributed by atoms with Crippen LogP contribution in [0.2, 0.25) is 0 Å². The van der Waals surface area contributed by atoms with Crippen molar-refractivity contribution in [2.75, 3.05) is 12.4 Å². The average Bonchev–Trinajstić information content (AvgIpc) is 2.47. The Kier molecular flexibility index (Phi) is 4.03. The standard InChI is InChI=1S/C14H12N2O5/c1-21-11-5-2-9(3-6-11)15-13-8-10(16(19)20)4-7-12(13)14(17)18/h2-8,15H,1H3,(H,17,18). The van der Waals surface area contributed by atoms with Crippen molar-refractivity contribution in [1.82, 2.24) is 0 Å². The van der Waals surface area contributed by atoms with Gasteiger partial charge in [-0.15, -0.1) is 0 Å². The normalized spacial score (nSPS) is 9.95. The number of carboxylic acid groups (broad SMARTS) is 1. The van der Waals surface area contributed by atoms with Crippen molar-refractivity contribution in [3.63, 3.8) is 0 Å². The maximum Gasteiger partial charge on any atom is 0.337 e. The lowest BCUT2D eigenvalue weighted by Gasteiger charge is -2.10. The zero-order chi connectivity index (χ0) is 15.4. The highest BCUT2D eigenvalue weighted by Gasteiger charge is 2.15. The Labute approximate surface area is 119 Å². The van der Waals surface area contributed by atoms with Crippen molar-refractivity contribution < 1.29 is 19.6 Å². The smallest absolute Gasteiger partial charge is 0.337 e. The number of nitrogens with one attached hydrogen (secondary N) is 1. The van der Waals surface area contributed by atoms with E-state index in [1.54, 1.807) is 24.3 Å². The molecule has 2 rings (SSSR count). The van der Waals surface area contributed by atoms with E-state index in [0.29, 0.717) is 11.4 Å². The molecule has 0 atom stereocenters. The monoisotopic (exact) mass is 288 g/mol. The fourth-order valence-corrected chi connectivity index (χ4v) is 1.77. The number of benzene rings is 2. The van der Waals surface area contributed by atoms with Gasteiger partial charge in [-0.3, -0.25) is 10.1 Å². The molecule has 0 unspecified atom stereocenters. The fourth-order valence-electron chi connectivity index (χ4n) is 1.77. The van der Waals surface area contributed by atoms with Gasteiger partial charge in [-0.25, -0.2) is 4.79 Å². The van der Waals surface area contributed by atoms with Gasteiger partial charge in [0.15, 0.2) is 0 Å². The molecule has 0 saturated heterocycles. The lowest BCUT2D eigenvalue weighted by atomic mass is 10.1. The third-order valence-corrected chi connectivity index (χ3v) is 2.81. The number of carbonyl (C=O) groups is 1. The van der Waals surface area contributed by atoms with Crippen molar-refractivity contribution in [1.29, 1.82) is 0 Å². The summed E-state index contributed by atoms with van der Waals surface area (Å²) >= 11 is 0. The number of hydrogen-bond acceptors (Lipinski definition) is 5. The summed E-state index contributed by atoms with van der Waals surface area (Å²) in [7, 11) is 1.53. The number of ether oxygens (including phenoxy) is 1. The van der Waals surface area contributed by atoms with Crippen LogP contribution in [0.5, 0.6) is 5.75 Å². The number of hydrogen-bond donors (Lipinski definition) is 2. The van der Waals surface area contributed by atoms with Gasteiger partial charge in [0.05, 0.1) is 23.3 Å². The molecule has 0 spiro atoms. The van der Waals surface area contributed by atoms with Gasteiger partial charge in [-0.05, 0) is 30.3 Å². The van der Waals surface area contributed by atoms with Crippen molar-refractivity contribution >= 4 is 23.0 Å². The molecule has 0 amide bonds. The molecule has 7 nitrogen and oxygen atoms in total. The highest BCUT2D eigenvalue weighted by atomic mass is 16.6. The molecule has 2 aromatic rings. The fraction of sp³-hybridized carbons (Fsp3) is 0.0714. The Morgan fingerprint density at radius 1 is 1.24 bits per heavy atom. The molecule has 21 heavy (non-hydrogen) atoms. The minimum Gasteiger partial charge on any atom is -0.497 e. The van der Waals surface area contributed by atoms with Gasteiger partial charge in [0, 0.05) is 17.8 Å². The lowest BCUT2D eigenvalue weighted by Crippen LogP contribution is -2.03. The van der Waals surface area contributed by atoms with Crippen LogP contribution in [0.15, 0.2) is 42.5 Å². The molecule has 0 saturated carbocycles. The highest BCUT2D eigenvalue weighted by Crippen LogP contribution is 2.27. The largest absolute Gasteiger partial charge is 0.497 e. The Hall–Kier alpha value is -3.09. The quantitative estimate of drug-likeness (QED) is 0.647. The molecule has 0 heterocycles. The Morgan fingerprint density at radius 2 is 1.90 bits per heavy atom. The minimum absolute atomic E-state index is 0.0450. The zero-order valence-electron chi connectivity index (χ0n) is 11.1. The van der Waals surface area contributed by atoms with Gasteiger partial charge >= 0.3 is 5.97 Å². The minimum atomic E-state index is -1.17. The number of aromatic carboxylic acids is 1. The van der Waals surface area contributed by atoms with Crippen LogP contribution in [0.4, 0.5) is 17.1 Å².